The molecule has 0 heterocycles. The highest BCUT2D eigenvalue weighted by Gasteiger charge is 1.99. The maximum Gasteiger partial charge on any atom is 0.224 e. The molecule has 0 spiro atoms. The largest absolute Gasteiger partial charge is 0.326 e. The van der Waals surface area contributed by atoms with Gasteiger partial charge in [-0.2, -0.15) is 0 Å². The van der Waals surface area contributed by atoms with Gasteiger partial charge in [-0.05, 0) is 18.6 Å². The van der Waals surface area contributed by atoms with Gasteiger partial charge in [-0.15, -0.1) is 0 Å². The summed E-state index contributed by atoms with van der Waals surface area (Å²) < 4.78 is 1.03. The molecule has 1 aromatic rings. The normalized spacial score (nSPS) is 9.62. The second-order valence-electron chi connectivity index (χ2n) is 2.71. The molecule has 1 rings (SSSR count). The van der Waals surface area contributed by atoms with Gasteiger partial charge in [0.1, 0.15) is 0 Å². The van der Waals surface area contributed by atoms with E-state index < -0.39 is 0 Å². The fraction of sp³-hybridized carbons (Fsp3) is 0.300. The van der Waals surface area contributed by atoms with Gasteiger partial charge in [0, 0.05) is 16.5 Å². The van der Waals surface area contributed by atoms with Crippen molar-refractivity contribution in [1.82, 2.24) is 0 Å². The van der Waals surface area contributed by atoms with Crippen LogP contribution in [0.3, 0.4) is 0 Å². The SMILES string of the molecule is O=C(CCCI)Nc1ccccc1. The Morgan fingerprint density at radius 3 is 2.62 bits per heavy atom. The number of benzene rings is 1. The second-order valence-corrected chi connectivity index (χ2v) is 3.79. The van der Waals surface area contributed by atoms with Crippen LogP contribution in [0.1, 0.15) is 12.8 Å². The summed E-state index contributed by atoms with van der Waals surface area (Å²) >= 11 is 2.27. The average molecular weight is 289 g/mol. The summed E-state index contributed by atoms with van der Waals surface area (Å²) in [7, 11) is 0. The van der Waals surface area contributed by atoms with Gasteiger partial charge in [-0.3, -0.25) is 4.79 Å². The number of nitrogens with one attached hydrogen (secondary N) is 1. The Labute approximate surface area is 91.9 Å². The van der Waals surface area contributed by atoms with Gasteiger partial charge in [-0.25, -0.2) is 0 Å². The number of hydrogen-bond acceptors (Lipinski definition) is 1. The van der Waals surface area contributed by atoms with E-state index in [9.17, 15) is 4.79 Å². The van der Waals surface area contributed by atoms with Crippen LogP contribution in [0.25, 0.3) is 0 Å². The van der Waals surface area contributed by atoms with Crippen molar-refractivity contribution < 1.29 is 4.79 Å². The third kappa shape index (κ3) is 4.26. The number of hydrogen-bond donors (Lipinski definition) is 1. The minimum absolute atomic E-state index is 0.0999. The van der Waals surface area contributed by atoms with E-state index >= 15 is 0 Å². The summed E-state index contributed by atoms with van der Waals surface area (Å²) in [6.07, 6.45) is 1.55. The van der Waals surface area contributed by atoms with Crippen LogP contribution < -0.4 is 5.32 Å². The molecule has 2 nitrogen and oxygen atoms in total. The Morgan fingerprint density at radius 1 is 1.31 bits per heavy atom. The lowest BCUT2D eigenvalue weighted by Gasteiger charge is -2.02. The molecule has 3 heteroatoms. The van der Waals surface area contributed by atoms with E-state index in [-0.39, 0.29) is 5.91 Å². The predicted octanol–water partition coefficient (Wildman–Crippen LogP) is 2.84. The highest BCUT2D eigenvalue weighted by Crippen LogP contribution is 2.06. The van der Waals surface area contributed by atoms with Crippen LogP contribution in [0.15, 0.2) is 30.3 Å². The number of amides is 1. The number of para-hydroxylation sites is 1. The summed E-state index contributed by atoms with van der Waals surface area (Å²) in [6, 6.07) is 9.53. The quantitative estimate of drug-likeness (QED) is 0.670. The van der Waals surface area contributed by atoms with E-state index in [0.29, 0.717) is 6.42 Å². The van der Waals surface area contributed by atoms with Crippen molar-refractivity contribution in [3.8, 4) is 0 Å². The molecule has 13 heavy (non-hydrogen) atoms. The van der Waals surface area contributed by atoms with Crippen molar-refractivity contribution in [2.75, 3.05) is 9.74 Å². The van der Waals surface area contributed by atoms with Gasteiger partial charge >= 0.3 is 0 Å². The molecular weight excluding hydrogens is 277 g/mol. The van der Waals surface area contributed by atoms with E-state index in [1.807, 2.05) is 30.3 Å². The van der Waals surface area contributed by atoms with Crippen LogP contribution in [0.2, 0.25) is 0 Å². The fourth-order valence-electron chi connectivity index (χ4n) is 0.972. The van der Waals surface area contributed by atoms with Crippen molar-refractivity contribution in [2.45, 2.75) is 12.8 Å². The molecule has 70 valence electrons. The van der Waals surface area contributed by atoms with E-state index in [2.05, 4.69) is 27.9 Å². The first-order chi connectivity index (χ1) is 6.33. The number of carbonyl (C=O) groups excluding carboxylic acids is 1. The maximum atomic E-state index is 11.3. The Morgan fingerprint density at radius 2 is 2.00 bits per heavy atom. The maximum absolute atomic E-state index is 11.3. The topological polar surface area (TPSA) is 29.1 Å². The van der Waals surface area contributed by atoms with Gasteiger partial charge in [-0.1, -0.05) is 40.8 Å². The zero-order valence-corrected chi connectivity index (χ0v) is 9.45. The van der Waals surface area contributed by atoms with Crippen LogP contribution in [-0.4, -0.2) is 10.3 Å². The number of halogens is 1. The molecule has 0 aliphatic heterocycles. The van der Waals surface area contributed by atoms with Crippen LogP contribution in [0, 0.1) is 0 Å². The van der Waals surface area contributed by atoms with Gasteiger partial charge < -0.3 is 5.32 Å². The van der Waals surface area contributed by atoms with Crippen molar-refractivity contribution in [3.63, 3.8) is 0 Å². The van der Waals surface area contributed by atoms with E-state index in [0.717, 1.165) is 16.5 Å². The van der Waals surface area contributed by atoms with Crippen LogP contribution in [0.4, 0.5) is 5.69 Å². The molecule has 0 bridgehead atoms. The number of alkyl halides is 1. The summed E-state index contributed by atoms with van der Waals surface area (Å²) in [5, 5.41) is 2.83. The van der Waals surface area contributed by atoms with Crippen molar-refractivity contribution in [2.24, 2.45) is 0 Å². The fourth-order valence-corrected chi connectivity index (χ4v) is 1.35. The van der Waals surface area contributed by atoms with Crippen LogP contribution in [0.5, 0.6) is 0 Å². The molecule has 0 aliphatic rings. The Kier molecular flexibility index (Phi) is 4.82. The van der Waals surface area contributed by atoms with Gasteiger partial charge in [0.05, 0.1) is 0 Å². The Bertz CT molecular complexity index is 261. The molecule has 1 aromatic carbocycles. The van der Waals surface area contributed by atoms with Gasteiger partial charge in [0.25, 0.3) is 0 Å². The minimum atomic E-state index is 0.0999. The number of rotatable bonds is 4. The van der Waals surface area contributed by atoms with Crippen LogP contribution >= 0.6 is 22.6 Å². The smallest absolute Gasteiger partial charge is 0.224 e. The lowest BCUT2D eigenvalue weighted by molar-refractivity contribution is -0.116. The molecular formula is C10H12INO. The zero-order chi connectivity index (χ0) is 9.52. The molecule has 0 aliphatic carbocycles. The molecule has 0 saturated heterocycles. The predicted molar refractivity (Wildman–Crippen MR) is 63.2 cm³/mol. The molecule has 1 N–H and O–H groups in total. The lowest BCUT2D eigenvalue weighted by atomic mass is 10.3. The van der Waals surface area contributed by atoms with Crippen molar-refractivity contribution in [3.05, 3.63) is 30.3 Å². The highest BCUT2D eigenvalue weighted by atomic mass is 127. The number of carbonyl (C=O) groups is 1. The first-order valence-electron chi connectivity index (χ1n) is 4.24. The summed E-state index contributed by atoms with van der Waals surface area (Å²) in [5.41, 5.74) is 0.876. The molecule has 0 atom stereocenters. The molecule has 0 saturated carbocycles. The monoisotopic (exact) mass is 289 g/mol. The van der Waals surface area contributed by atoms with E-state index in [1.165, 1.54) is 0 Å². The highest BCUT2D eigenvalue weighted by molar-refractivity contribution is 14.1. The lowest BCUT2D eigenvalue weighted by Crippen LogP contribution is -2.10. The van der Waals surface area contributed by atoms with E-state index in [4.69, 9.17) is 0 Å². The molecule has 0 fully saturated rings. The molecule has 0 aromatic heterocycles. The Hall–Kier alpha value is -0.580. The molecule has 1 amide bonds. The third-order valence-corrected chi connectivity index (χ3v) is 2.36. The van der Waals surface area contributed by atoms with Crippen LogP contribution in [-0.2, 0) is 4.79 Å². The van der Waals surface area contributed by atoms with Gasteiger partial charge in [0.15, 0.2) is 0 Å². The summed E-state index contributed by atoms with van der Waals surface area (Å²) in [5.74, 6) is 0.0999. The third-order valence-electron chi connectivity index (χ3n) is 1.60. The average Bonchev–Trinajstić information content (AvgIpc) is 2.16. The summed E-state index contributed by atoms with van der Waals surface area (Å²) in [6.45, 7) is 0. The Balaban J connectivity index is 2.37. The summed E-state index contributed by atoms with van der Waals surface area (Å²) in [4.78, 5) is 11.3. The first kappa shape index (κ1) is 10.5. The minimum Gasteiger partial charge on any atom is -0.326 e. The van der Waals surface area contributed by atoms with E-state index in [1.54, 1.807) is 0 Å². The second kappa shape index (κ2) is 5.96. The standard InChI is InChI=1S/C10H12INO/c11-8-4-7-10(13)12-9-5-2-1-3-6-9/h1-3,5-6H,4,7-8H2,(H,12,13). The van der Waals surface area contributed by atoms with Gasteiger partial charge in [0.2, 0.25) is 5.91 Å². The van der Waals surface area contributed by atoms with Crippen molar-refractivity contribution >= 4 is 34.2 Å². The number of anilines is 1. The van der Waals surface area contributed by atoms with Crippen molar-refractivity contribution in [1.29, 1.82) is 0 Å². The zero-order valence-electron chi connectivity index (χ0n) is 7.29. The molecule has 0 unspecified atom stereocenters. The first-order valence-corrected chi connectivity index (χ1v) is 5.76. The molecule has 0 radical (unpaired) electrons.